The van der Waals surface area contributed by atoms with E-state index in [1.54, 1.807) is 0 Å². The fourth-order valence-corrected chi connectivity index (χ4v) is 3.30. The summed E-state index contributed by atoms with van der Waals surface area (Å²) in [4.78, 5) is 18.7. The smallest absolute Gasteiger partial charge is 0.227 e. The summed E-state index contributed by atoms with van der Waals surface area (Å²) in [6.07, 6.45) is 7.99. The lowest BCUT2D eigenvalue weighted by Gasteiger charge is -2.31. The summed E-state index contributed by atoms with van der Waals surface area (Å²) < 4.78 is 7.63. The van der Waals surface area contributed by atoms with E-state index in [1.165, 1.54) is 0 Å². The summed E-state index contributed by atoms with van der Waals surface area (Å²) >= 11 is 0. The quantitative estimate of drug-likeness (QED) is 0.837. The van der Waals surface area contributed by atoms with Gasteiger partial charge in [-0.3, -0.25) is 4.79 Å². The zero-order valence-corrected chi connectivity index (χ0v) is 12.1. The van der Waals surface area contributed by atoms with E-state index in [0.29, 0.717) is 12.5 Å². The monoisotopic (exact) mass is 277 g/mol. The van der Waals surface area contributed by atoms with Crippen molar-refractivity contribution in [1.82, 2.24) is 14.5 Å². The Morgan fingerprint density at radius 3 is 3.25 bits per heavy atom. The van der Waals surface area contributed by atoms with Gasteiger partial charge in [0.1, 0.15) is 5.82 Å². The largest absolute Gasteiger partial charge is 0.381 e. The van der Waals surface area contributed by atoms with Crippen LogP contribution < -0.4 is 0 Å². The van der Waals surface area contributed by atoms with Gasteiger partial charge < -0.3 is 14.2 Å². The van der Waals surface area contributed by atoms with Crippen molar-refractivity contribution in [2.45, 2.75) is 32.2 Å². The standard InChI is InChI=1S/C15H23N3O2/c1-17(15(19)13-3-2-8-20-11-13)10-12-4-6-18-7-5-16-14(18)9-12/h5,7,12-13H,2-4,6,8-11H2,1H3. The fourth-order valence-electron chi connectivity index (χ4n) is 3.30. The Balaban J connectivity index is 1.54. The van der Waals surface area contributed by atoms with E-state index < -0.39 is 0 Å². The van der Waals surface area contributed by atoms with Gasteiger partial charge in [-0.1, -0.05) is 0 Å². The Labute approximate surface area is 119 Å². The molecule has 0 radical (unpaired) electrons. The van der Waals surface area contributed by atoms with Gasteiger partial charge in [0.2, 0.25) is 5.91 Å². The third-order valence-electron chi connectivity index (χ3n) is 4.47. The van der Waals surface area contributed by atoms with Crippen molar-refractivity contribution in [3.05, 3.63) is 18.2 Å². The van der Waals surface area contributed by atoms with Gasteiger partial charge in [0.05, 0.1) is 12.5 Å². The first-order chi connectivity index (χ1) is 9.74. The number of hydrogen-bond acceptors (Lipinski definition) is 3. The Hall–Kier alpha value is -1.36. The summed E-state index contributed by atoms with van der Waals surface area (Å²) in [5.41, 5.74) is 0. The highest BCUT2D eigenvalue weighted by molar-refractivity contribution is 5.78. The highest BCUT2D eigenvalue weighted by Gasteiger charge is 2.27. The summed E-state index contributed by atoms with van der Waals surface area (Å²) in [6.45, 7) is 3.26. The Morgan fingerprint density at radius 2 is 2.45 bits per heavy atom. The van der Waals surface area contributed by atoms with Gasteiger partial charge in [0, 0.05) is 45.6 Å². The minimum atomic E-state index is 0.0688. The molecule has 2 aliphatic rings. The highest BCUT2D eigenvalue weighted by Crippen LogP contribution is 2.21. The van der Waals surface area contributed by atoms with Crippen LogP contribution in [0.15, 0.2) is 12.4 Å². The SMILES string of the molecule is CN(CC1CCn2ccnc2C1)C(=O)C1CCCOC1. The van der Waals surface area contributed by atoms with Crippen LogP contribution in [-0.2, 0) is 22.5 Å². The Bertz CT molecular complexity index is 465. The molecule has 5 heteroatoms. The van der Waals surface area contributed by atoms with Crippen molar-refractivity contribution in [2.75, 3.05) is 26.8 Å². The average Bonchev–Trinajstić information content (AvgIpc) is 2.95. The van der Waals surface area contributed by atoms with Crippen LogP contribution in [0, 0.1) is 11.8 Å². The van der Waals surface area contributed by atoms with E-state index in [4.69, 9.17) is 4.74 Å². The molecule has 2 unspecified atom stereocenters. The number of fused-ring (bicyclic) bond motifs is 1. The molecule has 1 aromatic rings. The molecule has 0 N–H and O–H groups in total. The third-order valence-corrected chi connectivity index (χ3v) is 4.47. The van der Waals surface area contributed by atoms with Gasteiger partial charge >= 0.3 is 0 Å². The molecule has 0 bridgehead atoms. The number of carbonyl (C=O) groups is 1. The second kappa shape index (κ2) is 5.95. The van der Waals surface area contributed by atoms with Crippen molar-refractivity contribution >= 4 is 5.91 Å². The molecule has 2 atom stereocenters. The van der Waals surface area contributed by atoms with E-state index in [0.717, 1.165) is 51.2 Å². The summed E-state index contributed by atoms with van der Waals surface area (Å²) in [6, 6.07) is 0. The van der Waals surface area contributed by atoms with Crippen LogP contribution >= 0.6 is 0 Å². The van der Waals surface area contributed by atoms with Gasteiger partial charge in [-0.25, -0.2) is 4.98 Å². The lowest BCUT2D eigenvalue weighted by molar-refractivity contribution is -0.139. The van der Waals surface area contributed by atoms with E-state index >= 15 is 0 Å². The van der Waals surface area contributed by atoms with Crippen molar-refractivity contribution < 1.29 is 9.53 Å². The maximum atomic E-state index is 12.4. The van der Waals surface area contributed by atoms with Crippen LogP contribution in [0.1, 0.15) is 25.1 Å². The minimum absolute atomic E-state index is 0.0688. The number of rotatable bonds is 3. The number of ether oxygens (including phenoxy) is 1. The predicted molar refractivity (Wildman–Crippen MR) is 75.2 cm³/mol. The lowest BCUT2D eigenvalue weighted by atomic mass is 9.95. The lowest BCUT2D eigenvalue weighted by Crippen LogP contribution is -2.40. The van der Waals surface area contributed by atoms with Crippen molar-refractivity contribution in [1.29, 1.82) is 0 Å². The molecule has 110 valence electrons. The summed E-state index contributed by atoms with van der Waals surface area (Å²) in [5.74, 6) is 2.00. The number of aryl methyl sites for hydroxylation is 1. The molecule has 0 aliphatic carbocycles. The van der Waals surface area contributed by atoms with Gasteiger partial charge in [-0.15, -0.1) is 0 Å². The maximum Gasteiger partial charge on any atom is 0.227 e. The zero-order chi connectivity index (χ0) is 13.9. The molecule has 1 aromatic heterocycles. The topological polar surface area (TPSA) is 47.4 Å². The van der Waals surface area contributed by atoms with Gasteiger partial charge in [-0.2, -0.15) is 0 Å². The minimum Gasteiger partial charge on any atom is -0.381 e. The number of hydrogen-bond donors (Lipinski definition) is 0. The molecule has 5 nitrogen and oxygen atoms in total. The first-order valence-electron chi connectivity index (χ1n) is 7.57. The molecular weight excluding hydrogens is 254 g/mol. The van der Waals surface area contributed by atoms with Gasteiger partial charge in [-0.05, 0) is 25.2 Å². The van der Waals surface area contributed by atoms with E-state index in [-0.39, 0.29) is 11.8 Å². The molecule has 3 heterocycles. The van der Waals surface area contributed by atoms with E-state index in [9.17, 15) is 4.79 Å². The Morgan fingerprint density at radius 1 is 1.55 bits per heavy atom. The second-order valence-electron chi connectivity index (χ2n) is 6.03. The molecule has 3 rings (SSSR count). The average molecular weight is 277 g/mol. The number of amides is 1. The summed E-state index contributed by atoms with van der Waals surface area (Å²) in [5, 5.41) is 0. The molecule has 0 spiro atoms. The van der Waals surface area contributed by atoms with E-state index in [2.05, 4.69) is 9.55 Å². The highest BCUT2D eigenvalue weighted by atomic mass is 16.5. The molecule has 1 saturated heterocycles. The maximum absolute atomic E-state index is 12.4. The Kier molecular flexibility index (Phi) is 4.05. The third kappa shape index (κ3) is 2.87. The predicted octanol–water partition coefficient (Wildman–Crippen LogP) is 1.33. The molecule has 2 aliphatic heterocycles. The van der Waals surface area contributed by atoms with Crippen LogP contribution in [0.4, 0.5) is 0 Å². The zero-order valence-electron chi connectivity index (χ0n) is 12.1. The van der Waals surface area contributed by atoms with Crippen LogP contribution in [0.3, 0.4) is 0 Å². The number of nitrogens with zero attached hydrogens (tertiary/aromatic N) is 3. The second-order valence-corrected chi connectivity index (χ2v) is 6.03. The molecule has 0 aromatic carbocycles. The molecule has 20 heavy (non-hydrogen) atoms. The van der Waals surface area contributed by atoms with Crippen LogP contribution in [0.2, 0.25) is 0 Å². The first kappa shape index (κ1) is 13.6. The van der Waals surface area contributed by atoms with Crippen LogP contribution in [0.25, 0.3) is 0 Å². The fraction of sp³-hybridized carbons (Fsp3) is 0.733. The first-order valence-corrected chi connectivity index (χ1v) is 7.57. The van der Waals surface area contributed by atoms with Gasteiger partial charge in [0.15, 0.2) is 0 Å². The molecule has 1 fully saturated rings. The number of imidazole rings is 1. The summed E-state index contributed by atoms with van der Waals surface area (Å²) in [7, 11) is 1.93. The molecule has 0 saturated carbocycles. The van der Waals surface area contributed by atoms with Gasteiger partial charge in [0.25, 0.3) is 0 Å². The number of carbonyl (C=O) groups excluding carboxylic acids is 1. The van der Waals surface area contributed by atoms with Crippen LogP contribution in [0.5, 0.6) is 0 Å². The molecular formula is C15H23N3O2. The van der Waals surface area contributed by atoms with E-state index in [1.807, 2.05) is 24.3 Å². The number of aromatic nitrogens is 2. The molecule has 1 amide bonds. The van der Waals surface area contributed by atoms with Crippen molar-refractivity contribution in [3.8, 4) is 0 Å². The van der Waals surface area contributed by atoms with Crippen molar-refractivity contribution in [3.63, 3.8) is 0 Å². The normalized spacial score (nSPS) is 26.1. The van der Waals surface area contributed by atoms with Crippen molar-refractivity contribution in [2.24, 2.45) is 11.8 Å². The van der Waals surface area contributed by atoms with Crippen LogP contribution in [-0.4, -0.2) is 47.2 Å².